The summed E-state index contributed by atoms with van der Waals surface area (Å²) in [5.41, 5.74) is 7.77. The van der Waals surface area contributed by atoms with Gasteiger partial charge in [0.15, 0.2) is 0 Å². The Bertz CT molecular complexity index is 1340. The van der Waals surface area contributed by atoms with Crippen LogP contribution in [0.2, 0.25) is 0 Å². The summed E-state index contributed by atoms with van der Waals surface area (Å²) in [6, 6.07) is 9.43. The van der Waals surface area contributed by atoms with Crippen LogP contribution in [0, 0.1) is 0 Å². The molecule has 3 N–H and O–H groups in total. The fourth-order valence-electron chi connectivity index (χ4n) is 4.07. The molecule has 0 bridgehead atoms. The van der Waals surface area contributed by atoms with Gasteiger partial charge in [0.2, 0.25) is 0 Å². The monoisotopic (exact) mass is 595 g/mol. The van der Waals surface area contributed by atoms with Gasteiger partial charge in [0.05, 0.1) is 44.3 Å². The van der Waals surface area contributed by atoms with Gasteiger partial charge in [0.1, 0.15) is 35.1 Å². The molecule has 0 unspecified atom stereocenters. The summed E-state index contributed by atoms with van der Waals surface area (Å²) in [5, 5.41) is 0.517. The number of hydrogen-bond donors (Lipinski definition) is 2. The summed E-state index contributed by atoms with van der Waals surface area (Å²) in [5.74, 6) is -0.567. The molecule has 0 saturated carbocycles. The number of fused-ring (bicyclic) bond motifs is 1. The fourth-order valence-corrected chi connectivity index (χ4v) is 4.45. The Morgan fingerprint density at radius 1 is 1.06 bits per heavy atom. The molecule has 0 aliphatic carbocycles. The van der Waals surface area contributed by atoms with Crippen LogP contribution in [0.15, 0.2) is 45.6 Å². The quantitative estimate of drug-likeness (QED) is 0.201. The minimum Gasteiger partial charge on any atom is -0.663 e. The minimum absolute atomic E-state index is 0. The first kappa shape index (κ1) is 30.0. The maximum Gasteiger partial charge on any atom is 0.524 e. The molecular weight excluding hydrogens is 568 g/mol. The maximum atomic E-state index is 12.2. The average Bonchev–Trinajstić information content (AvgIpc) is 2.80. The van der Waals surface area contributed by atoms with E-state index in [1.54, 1.807) is 12.1 Å². The van der Waals surface area contributed by atoms with Gasteiger partial charge >= 0.3 is 13.4 Å². The first-order valence-corrected chi connectivity index (χ1v) is 12.2. The Balaban J connectivity index is 0.00000456. The van der Waals surface area contributed by atoms with Crippen LogP contribution in [-0.4, -0.2) is 43.0 Å². The number of ether oxygens (including phenoxy) is 2. The largest absolute Gasteiger partial charge is 0.663 e. The molecule has 0 saturated heterocycles. The topological polar surface area (TPSA) is 156 Å². The predicted molar refractivity (Wildman–Crippen MR) is 130 cm³/mol. The molecule has 1 amide bonds. The SMILES string of the molecule is CC[N+](CC)(Cc1c(OC)cc(OP(=O)(O)O)cc1OC)c1ccc2cc(C([NH-])=O)c(=O)oc2c1.[Y]. The van der Waals surface area contributed by atoms with Crippen molar-refractivity contribution in [3.8, 4) is 17.2 Å². The Labute approximate surface area is 232 Å². The van der Waals surface area contributed by atoms with Crippen LogP contribution in [0.25, 0.3) is 16.7 Å². The molecule has 0 spiro atoms. The van der Waals surface area contributed by atoms with Crippen LogP contribution >= 0.6 is 7.82 Å². The van der Waals surface area contributed by atoms with Gasteiger partial charge in [-0.15, -0.1) is 0 Å². The third kappa shape index (κ3) is 6.34. The number of quaternary nitrogens is 1. The number of amides is 1. The number of carbonyl (C=O) groups excluding carboxylic acids is 1. The van der Waals surface area contributed by atoms with Crippen molar-refractivity contribution in [2.24, 2.45) is 0 Å². The van der Waals surface area contributed by atoms with E-state index < -0.39 is 19.4 Å². The van der Waals surface area contributed by atoms with Crippen LogP contribution in [0.1, 0.15) is 29.8 Å². The second-order valence-corrected chi connectivity index (χ2v) is 8.99. The first-order valence-electron chi connectivity index (χ1n) is 10.7. The maximum absolute atomic E-state index is 12.2. The zero-order chi connectivity index (χ0) is 26.0. The van der Waals surface area contributed by atoms with Gasteiger partial charge in [0.25, 0.3) is 0 Å². The third-order valence-corrected chi connectivity index (χ3v) is 6.44. The van der Waals surface area contributed by atoms with E-state index in [0.29, 0.717) is 46.6 Å². The molecule has 0 atom stereocenters. The van der Waals surface area contributed by atoms with Crippen LogP contribution in [0.4, 0.5) is 5.69 Å². The fraction of sp³-hybridized carbons (Fsp3) is 0.304. The van der Waals surface area contributed by atoms with E-state index in [1.165, 1.54) is 32.4 Å². The van der Waals surface area contributed by atoms with Crippen LogP contribution in [0.5, 0.6) is 17.2 Å². The van der Waals surface area contributed by atoms with E-state index in [4.69, 9.17) is 24.1 Å². The van der Waals surface area contributed by atoms with Crippen molar-refractivity contribution in [1.29, 1.82) is 0 Å². The predicted octanol–water partition coefficient (Wildman–Crippen LogP) is 4.02. The molecule has 0 fully saturated rings. The third-order valence-electron chi connectivity index (χ3n) is 5.99. The van der Waals surface area contributed by atoms with Crippen molar-refractivity contribution in [1.82, 2.24) is 4.48 Å². The molecule has 0 aliphatic rings. The molecule has 13 heteroatoms. The molecule has 191 valence electrons. The van der Waals surface area contributed by atoms with Gasteiger partial charge < -0.3 is 28.9 Å². The van der Waals surface area contributed by atoms with E-state index in [1.807, 2.05) is 19.9 Å². The Kier molecular flexibility index (Phi) is 9.87. The molecule has 3 rings (SSSR count). The normalized spacial score (nSPS) is 11.6. The van der Waals surface area contributed by atoms with Gasteiger partial charge in [0, 0.05) is 56.3 Å². The summed E-state index contributed by atoms with van der Waals surface area (Å²) >= 11 is 0. The zero-order valence-corrected chi connectivity index (χ0v) is 24.0. The molecule has 0 aliphatic heterocycles. The first-order chi connectivity index (χ1) is 16.5. The molecule has 1 aromatic heterocycles. The van der Waals surface area contributed by atoms with Crippen LogP contribution in [0.3, 0.4) is 0 Å². The molecular formula is C23H27N2O9PY. The number of phosphoric acid groups is 1. The number of benzene rings is 2. The summed E-state index contributed by atoms with van der Waals surface area (Å²) in [6.45, 7) is 5.62. The Morgan fingerprint density at radius 3 is 2.11 bits per heavy atom. The zero-order valence-electron chi connectivity index (χ0n) is 20.3. The van der Waals surface area contributed by atoms with Crippen molar-refractivity contribution < 1.29 is 70.3 Å². The molecule has 3 aromatic rings. The molecule has 36 heavy (non-hydrogen) atoms. The van der Waals surface area contributed by atoms with Crippen molar-refractivity contribution in [3.63, 3.8) is 0 Å². The standard InChI is InChI=1S/C23H27N2O9P.Y/c1-5-25(6-2,15-8-7-14-9-17(22(24)26)23(27)33-19(14)10-15)13-18-20(31-3)11-16(12-21(18)32-4)34-35(28,29)30;/h7-12H,5-6,13H2,1-4H3,(H3-,24,26,28,29,30);. The van der Waals surface area contributed by atoms with Gasteiger partial charge in [-0.2, -0.15) is 0 Å². The van der Waals surface area contributed by atoms with Crippen molar-refractivity contribution in [3.05, 3.63) is 63.7 Å². The molecule has 1 radical (unpaired) electrons. The van der Waals surface area contributed by atoms with Gasteiger partial charge in [-0.1, -0.05) is 0 Å². The number of carbonyl (C=O) groups is 1. The van der Waals surface area contributed by atoms with E-state index in [9.17, 15) is 23.9 Å². The van der Waals surface area contributed by atoms with E-state index in [0.717, 1.165) is 5.69 Å². The Hall–Kier alpha value is -2.27. The van der Waals surface area contributed by atoms with Crippen molar-refractivity contribution in [2.45, 2.75) is 20.4 Å². The molecule has 1 heterocycles. The van der Waals surface area contributed by atoms with E-state index in [-0.39, 0.29) is 49.6 Å². The van der Waals surface area contributed by atoms with E-state index in [2.05, 4.69) is 0 Å². The summed E-state index contributed by atoms with van der Waals surface area (Å²) in [4.78, 5) is 41.9. The number of hydrogen-bond acceptors (Lipinski definition) is 7. The average molecular weight is 595 g/mol. The van der Waals surface area contributed by atoms with E-state index >= 15 is 0 Å². The van der Waals surface area contributed by atoms with Crippen LogP contribution < -0.4 is 24.1 Å². The van der Waals surface area contributed by atoms with Crippen molar-refractivity contribution in [2.75, 3.05) is 27.3 Å². The smallest absolute Gasteiger partial charge is 0.524 e. The molecule has 2 aromatic carbocycles. The Morgan fingerprint density at radius 2 is 1.64 bits per heavy atom. The number of nitrogens with one attached hydrogen (secondary N) is 1. The van der Waals surface area contributed by atoms with Crippen LogP contribution in [-0.2, 0) is 43.8 Å². The van der Waals surface area contributed by atoms with Gasteiger partial charge in [-0.3, -0.25) is 14.3 Å². The second kappa shape index (κ2) is 11.9. The summed E-state index contributed by atoms with van der Waals surface area (Å²) in [7, 11) is -1.92. The van der Waals surface area contributed by atoms with Gasteiger partial charge in [-0.25, -0.2) is 9.36 Å². The van der Waals surface area contributed by atoms with Gasteiger partial charge in [-0.05, 0) is 32.0 Å². The van der Waals surface area contributed by atoms with Crippen molar-refractivity contribution >= 4 is 30.4 Å². The number of rotatable bonds is 10. The minimum atomic E-state index is -4.78. The molecule has 11 nitrogen and oxygen atoms in total. The number of methoxy groups -OCH3 is 2. The number of phosphoric ester groups is 1. The summed E-state index contributed by atoms with van der Waals surface area (Å²) < 4.78 is 32.7. The number of nitrogens with zero attached hydrogens (tertiary/aromatic N) is 1. The second-order valence-electron chi connectivity index (χ2n) is 7.82. The summed E-state index contributed by atoms with van der Waals surface area (Å²) in [6.07, 6.45) is 0.